The lowest BCUT2D eigenvalue weighted by Crippen LogP contribution is -2.40. The molecule has 2 fully saturated rings. The lowest BCUT2D eigenvalue weighted by atomic mass is 10.2. The number of rotatable bonds is 9. The van der Waals surface area contributed by atoms with Gasteiger partial charge in [0.05, 0.1) is 36.2 Å². The maximum absolute atomic E-state index is 12.8. The van der Waals surface area contributed by atoms with Gasteiger partial charge in [-0.3, -0.25) is 4.79 Å². The quantitative estimate of drug-likeness (QED) is 0.311. The molecule has 1 N–H and O–H groups in total. The Bertz CT molecular complexity index is 1380. The van der Waals surface area contributed by atoms with Gasteiger partial charge in [0.1, 0.15) is 5.82 Å². The van der Waals surface area contributed by atoms with Crippen molar-refractivity contribution < 1.29 is 17.9 Å². The van der Waals surface area contributed by atoms with E-state index in [4.69, 9.17) is 14.7 Å². The van der Waals surface area contributed by atoms with Crippen molar-refractivity contribution in [1.29, 1.82) is 0 Å². The number of amides is 1. The molecule has 5 rings (SSSR count). The van der Waals surface area contributed by atoms with E-state index < -0.39 is 10.0 Å². The molecule has 2 saturated heterocycles. The highest BCUT2D eigenvalue weighted by molar-refractivity contribution is 7.99. The summed E-state index contributed by atoms with van der Waals surface area (Å²) in [4.78, 5) is 24.8. The number of sulfonamides is 1. The summed E-state index contributed by atoms with van der Waals surface area (Å²) < 4.78 is 34.1. The number of morpholine rings is 1. The Hall–Kier alpha value is -2.74. The molecule has 4 heterocycles. The number of carbonyl (C=O) groups excluding carboxylic acids is 1. The molecule has 13 heteroatoms. The SMILES string of the molecule is CC(C)Sc1nc(N2CCCC2)c2cnn(CCNC(=O)c3ccc(S(=O)(=O)N4CCOCC4)cc3)c2n1. The van der Waals surface area contributed by atoms with Gasteiger partial charge in [-0.2, -0.15) is 9.40 Å². The van der Waals surface area contributed by atoms with Gasteiger partial charge in [-0.1, -0.05) is 25.6 Å². The van der Waals surface area contributed by atoms with E-state index in [-0.39, 0.29) is 10.8 Å². The van der Waals surface area contributed by atoms with Crippen LogP contribution in [0.1, 0.15) is 37.0 Å². The lowest BCUT2D eigenvalue weighted by Gasteiger charge is -2.26. The summed E-state index contributed by atoms with van der Waals surface area (Å²) in [5.41, 5.74) is 1.16. The number of thioether (sulfide) groups is 1. The number of ether oxygens (including phenoxy) is 1. The average molecular weight is 560 g/mol. The molecule has 2 aromatic heterocycles. The van der Waals surface area contributed by atoms with Gasteiger partial charge in [0.25, 0.3) is 5.91 Å². The Balaban J connectivity index is 1.25. The summed E-state index contributed by atoms with van der Waals surface area (Å²) >= 11 is 1.62. The number of carbonyl (C=O) groups is 1. The van der Waals surface area contributed by atoms with Gasteiger partial charge in [-0.05, 0) is 37.1 Å². The number of hydrogen-bond acceptors (Lipinski definition) is 9. The van der Waals surface area contributed by atoms with Crippen molar-refractivity contribution in [2.45, 2.75) is 48.5 Å². The fourth-order valence-electron chi connectivity index (χ4n) is 4.61. The first-order valence-electron chi connectivity index (χ1n) is 12.9. The molecule has 0 radical (unpaired) electrons. The largest absolute Gasteiger partial charge is 0.379 e. The van der Waals surface area contributed by atoms with Crippen molar-refractivity contribution in [2.24, 2.45) is 0 Å². The standard InChI is InChI=1S/C25H33N7O4S2/c1-18(2)37-25-28-22(30-10-3-4-11-30)21-17-27-32(23(21)29-25)12-9-26-24(33)19-5-7-20(8-6-19)38(34,35)31-13-15-36-16-14-31/h5-8,17-18H,3-4,9-16H2,1-2H3,(H,26,33). The molecular formula is C25H33N7O4S2. The van der Waals surface area contributed by atoms with Crippen molar-refractivity contribution >= 4 is 44.5 Å². The zero-order valence-electron chi connectivity index (χ0n) is 21.7. The van der Waals surface area contributed by atoms with Crippen LogP contribution in [0, 0.1) is 0 Å². The van der Waals surface area contributed by atoms with Crippen LogP contribution < -0.4 is 10.2 Å². The minimum Gasteiger partial charge on any atom is -0.379 e. The lowest BCUT2D eigenvalue weighted by molar-refractivity contribution is 0.0730. The Morgan fingerprint density at radius 2 is 1.79 bits per heavy atom. The molecule has 38 heavy (non-hydrogen) atoms. The highest BCUT2D eigenvalue weighted by atomic mass is 32.2. The minimum absolute atomic E-state index is 0.169. The molecule has 0 spiro atoms. The molecule has 1 amide bonds. The maximum Gasteiger partial charge on any atom is 0.251 e. The minimum atomic E-state index is -3.60. The van der Waals surface area contributed by atoms with Crippen molar-refractivity contribution in [3.63, 3.8) is 0 Å². The molecule has 204 valence electrons. The average Bonchev–Trinajstić information content (AvgIpc) is 3.59. The first-order valence-corrected chi connectivity index (χ1v) is 15.3. The highest BCUT2D eigenvalue weighted by Gasteiger charge is 2.26. The van der Waals surface area contributed by atoms with Crippen LogP contribution in [-0.2, 0) is 21.3 Å². The molecule has 0 atom stereocenters. The Kier molecular flexibility index (Phi) is 8.17. The predicted molar refractivity (Wildman–Crippen MR) is 146 cm³/mol. The molecule has 11 nitrogen and oxygen atoms in total. The maximum atomic E-state index is 12.8. The number of anilines is 1. The fraction of sp³-hybridized carbons (Fsp3) is 0.520. The molecule has 2 aliphatic rings. The zero-order chi connectivity index (χ0) is 26.7. The molecular weight excluding hydrogens is 526 g/mol. The van der Waals surface area contributed by atoms with Crippen LogP contribution in [0.2, 0.25) is 0 Å². The van der Waals surface area contributed by atoms with Crippen LogP contribution in [-0.4, -0.2) is 89.6 Å². The van der Waals surface area contributed by atoms with E-state index in [9.17, 15) is 13.2 Å². The summed E-state index contributed by atoms with van der Waals surface area (Å²) in [7, 11) is -3.60. The monoisotopic (exact) mass is 559 g/mol. The Morgan fingerprint density at radius 3 is 2.47 bits per heavy atom. The van der Waals surface area contributed by atoms with Crippen LogP contribution in [0.4, 0.5) is 5.82 Å². The Morgan fingerprint density at radius 1 is 1.08 bits per heavy atom. The molecule has 2 aliphatic heterocycles. The third kappa shape index (κ3) is 5.80. The van der Waals surface area contributed by atoms with Crippen molar-refractivity contribution in [1.82, 2.24) is 29.4 Å². The number of fused-ring (bicyclic) bond motifs is 1. The number of benzene rings is 1. The van der Waals surface area contributed by atoms with Gasteiger partial charge < -0.3 is 15.0 Å². The number of nitrogens with zero attached hydrogens (tertiary/aromatic N) is 6. The molecule has 1 aromatic carbocycles. The summed E-state index contributed by atoms with van der Waals surface area (Å²) in [6, 6.07) is 6.03. The van der Waals surface area contributed by atoms with Crippen LogP contribution in [0.25, 0.3) is 11.0 Å². The third-order valence-electron chi connectivity index (χ3n) is 6.54. The van der Waals surface area contributed by atoms with E-state index in [1.54, 1.807) is 16.4 Å². The summed E-state index contributed by atoms with van der Waals surface area (Å²) in [5, 5.41) is 9.45. The van der Waals surface area contributed by atoms with Gasteiger partial charge in [0.15, 0.2) is 10.8 Å². The normalized spacial score (nSPS) is 17.0. The van der Waals surface area contributed by atoms with Gasteiger partial charge >= 0.3 is 0 Å². The number of nitrogens with one attached hydrogen (secondary N) is 1. The van der Waals surface area contributed by atoms with Crippen LogP contribution in [0.15, 0.2) is 40.5 Å². The highest BCUT2D eigenvalue weighted by Crippen LogP contribution is 2.30. The second-order valence-electron chi connectivity index (χ2n) is 9.59. The summed E-state index contributed by atoms with van der Waals surface area (Å²) in [6.45, 7) is 8.40. The van der Waals surface area contributed by atoms with E-state index in [2.05, 4.69) is 29.2 Å². The van der Waals surface area contributed by atoms with Crippen molar-refractivity contribution in [3.8, 4) is 0 Å². The topological polar surface area (TPSA) is 123 Å². The fourth-order valence-corrected chi connectivity index (χ4v) is 6.72. The third-order valence-corrected chi connectivity index (χ3v) is 9.31. The van der Waals surface area contributed by atoms with E-state index >= 15 is 0 Å². The molecule has 0 saturated carbocycles. The van der Waals surface area contributed by atoms with Gasteiger partial charge in [0.2, 0.25) is 10.0 Å². The molecule has 3 aromatic rings. The van der Waals surface area contributed by atoms with Crippen LogP contribution in [0.3, 0.4) is 0 Å². The first kappa shape index (κ1) is 26.9. The zero-order valence-corrected chi connectivity index (χ0v) is 23.3. The number of aromatic nitrogens is 4. The van der Waals surface area contributed by atoms with Gasteiger partial charge in [0, 0.05) is 43.5 Å². The van der Waals surface area contributed by atoms with Crippen LogP contribution in [0.5, 0.6) is 0 Å². The van der Waals surface area contributed by atoms with Crippen LogP contribution >= 0.6 is 11.8 Å². The Labute approximate surface area is 227 Å². The van der Waals surface area contributed by atoms with E-state index in [0.717, 1.165) is 47.9 Å². The molecule has 0 bridgehead atoms. The second-order valence-corrected chi connectivity index (χ2v) is 13.1. The van der Waals surface area contributed by atoms with Crippen molar-refractivity contribution in [2.75, 3.05) is 50.8 Å². The molecule has 0 unspecified atom stereocenters. The van der Waals surface area contributed by atoms with Gasteiger partial charge in [-0.15, -0.1) is 0 Å². The summed E-state index contributed by atoms with van der Waals surface area (Å²) in [5.74, 6) is 0.651. The number of hydrogen-bond donors (Lipinski definition) is 1. The van der Waals surface area contributed by atoms with E-state index in [1.165, 1.54) is 28.6 Å². The summed E-state index contributed by atoms with van der Waals surface area (Å²) in [6.07, 6.45) is 4.11. The van der Waals surface area contributed by atoms with Crippen molar-refractivity contribution in [3.05, 3.63) is 36.0 Å². The van der Waals surface area contributed by atoms with E-state index in [1.807, 2.05) is 6.20 Å². The molecule has 0 aliphatic carbocycles. The second kappa shape index (κ2) is 11.6. The smallest absolute Gasteiger partial charge is 0.251 e. The van der Waals surface area contributed by atoms with E-state index in [0.29, 0.717) is 50.2 Å². The first-order chi connectivity index (χ1) is 18.3. The predicted octanol–water partition coefficient (Wildman–Crippen LogP) is 2.38. The van der Waals surface area contributed by atoms with Gasteiger partial charge in [-0.25, -0.2) is 23.1 Å².